The molecule has 0 radical (unpaired) electrons. The number of piperidine rings is 1. The summed E-state index contributed by atoms with van der Waals surface area (Å²) in [5, 5.41) is 21.0. The molecule has 1 saturated heterocycles. The van der Waals surface area contributed by atoms with Gasteiger partial charge in [0, 0.05) is 25.6 Å². The van der Waals surface area contributed by atoms with Gasteiger partial charge in [0.2, 0.25) is 11.7 Å². The molecular weight excluding hydrogens is 346 g/mol. The number of rotatable bonds is 3. The number of aryl methyl sites for hydroxylation is 1. The monoisotopic (exact) mass is 363 g/mol. The number of nitriles is 1. The molecule has 4 rings (SSSR count). The van der Waals surface area contributed by atoms with Gasteiger partial charge in [-0.15, -0.1) is 5.10 Å². The van der Waals surface area contributed by atoms with E-state index in [1.54, 1.807) is 42.1 Å². The van der Waals surface area contributed by atoms with Gasteiger partial charge in [-0.1, -0.05) is 10.4 Å². The van der Waals surface area contributed by atoms with Crippen molar-refractivity contribution in [1.29, 1.82) is 5.26 Å². The molecule has 27 heavy (non-hydrogen) atoms. The van der Waals surface area contributed by atoms with E-state index in [2.05, 4.69) is 26.5 Å². The van der Waals surface area contributed by atoms with Crippen LogP contribution < -0.4 is 0 Å². The lowest BCUT2D eigenvalue weighted by Gasteiger charge is -2.32. The fourth-order valence-corrected chi connectivity index (χ4v) is 3.19. The molecule has 0 N–H and O–H groups in total. The Bertz CT molecular complexity index is 999. The summed E-state index contributed by atoms with van der Waals surface area (Å²) in [4.78, 5) is 18.7. The number of nitrogens with zero attached hydrogens (tertiary/aromatic N) is 7. The van der Waals surface area contributed by atoms with Gasteiger partial charge in [0.1, 0.15) is 0 Å². The summed E-state index contributed by atoms with van der Waals surface area (Å²) in [6, 6.07) is 8.79. The summed E-state index contributed by atoms with van der Waals surface area (Å²) >= 11 is 0. The van der Waals surface area contributed by atoms with E-state index in [0.717, 1.165) is 12.8 Å². The van der Waals surface area contributed by atoms with Gasteiger partial charge < -0.3 is 9.42 Å². The summed E-state index contributed by atoms with van der Waals surface area (Å²) in [5.41, 5.74) is 1.66. The van der Waals surface area contributed by atoms with Crippen molar-refractivity contribution in [2.75, 3.05) is 13.1 Å². The zero-order valence-electron chi connectivity index (χ0n) is 14.7. The predicted octanol–water partition coefficient (Wildman–Crippen LogP) is 1.99. The van der Waals surface area contributed by atoms with Crippen LogP contribution in [0.5, 0.6) is 0 Å². The minimum atomic E-state index is -0.0432. The van der Waals surface area contributed by atoms with Crippen molar-refractivity contribution in [3.05, 3.63) is 47.5 Å². The highest BCUT2D eigenvalue weighted by Crippen LogP contribution is 2.24. The molecule has 0 spiro atoms. The topological polar surface area (TPSA) is 114 Å². The first-order valence-corrected chi connectivity index (χ1v) is 8.66. The number of carbonyl (C=O) groups is 1. The molecule has 1 atom stereocenters. The number of carbonyl (C=O) groups excluding carboxylic acids is 1. The normalized spacial score (nSPS) is 16.9. The Hall–Kier alpha value is -3.54. The molecule has 0 bridgehead atoms. The van der Waals surface area contributed by atoms with Gasteiger partial charge in [-0.3, -0.25) is 4.79 Å². The van der Waals surface area contributed by atoms with Gasteiger partial charge >= 0.3 is 0 Å². The molecule has 1 aliphatic rings. The number of amides is 1. The first kappa shape index (κ1) is 16.9. The lowest BCUT2D eigenvalue weighted by atomic mass is 10.0. The number of benzene rings is 1. The molecule has 0 saturated carbocycles. The van der Waals surface area contributed by atoms with E-state index in [9.17, 15) is 4.79 Å². The van der Waals surface area contributed by atoms with Crippen LogP contribution in [0.3, 0.4) is 0 Å². The zero-order chi connectivity index (χ0) is 18.8. The molecule has 1 amide bonds. The van der Waals surface area contributed by atoms with E-state index >= 15 is 0 Å². The number of hydrogen-bond donors (Lipinski definition) is 0. The van der Waals surface area contributed by atoms with Gasteiger partial charge in [-0.2, -0.15) is 10.2 Å². The molecule has 1 aromatic carbocycles. The minimum Gasteiger partial charge on any atom is -0.339 e. The fourth-order valence-electron chi connectivity index (χ4n) is 3.19. The highest BCUT2D eigenvalue weighted by atomic mass is 16.5. The highest BCUT2D eigenvalue weighted by molar-refractivity contribution is 5.94. The molecule has 9 nitrogen and oxygen atoms in total. The Morgan fingerprint density at radius 3 is 2.85 bits per heavy atom. The summed E-state index contributed by atoms with van der Waals surface area (Å²) in [6.07, 6.45) is 3.57. The van der Waals surface area contributed by atoms with Crippen LogP contribution in [-0.4, -0.2) is 49.0 Å². The van der Waals surface area contributed by atoms with Gasteiger partial charge in [0.05, 0.1) is 23.9 Å². The van der Waals surface area contributed by atoms with Crippen LogP contribution >= 0.6 is 0 Å². The summed E-state index contributed by atoms with van der Waals surface area (Å²) in [5.74, 6) is 0.829. The second-order valence-electron chi connectivity index (χ2n) is 6.46. The first-order valence-electron chi connectivity index (χ1n) is 8.66. The Kier molecular flexibility index (Phi) is 4.38. The molecule has 0 unspecified atom stereocenters. The Balaban J connectivity index is 1.48. The standard InChI is InChI=1S/C18H17N7O2/c1-12-20-17(22-27-12)16-11-25(23-21-16)15-3-2-8-24(10-15)18(26)14-6-4-13(9-19)5-7-14/h4-7,11,15H,2-3,8,10H2,1H3/t15-/m1/s1. The van der Waals surface area contributed by atoms with Crippen molar-refractivity contribution in [3.63, 3.8) is 0 Å². The molecule has 3 heterocycles. The maximum atomic E-state index is 12.8. The van der Waals surface area contributed by atoms with E-state index in [-0.39, 0.29) is 11.9 Å². The Morgan fingerprint density at radius 1 is 1.33 bits per heavy atom. The third-order valence-corrected chi connectivity index (χ3v) is 4.59. The van der Waals surface area contributed by atoms with Crippen molar-refractivity contribution in [1.82, 2.24) is 30.0 Å². The number of likely N-dealkylation sites (tertiary alicyclic amines) is 1. The van der Waals surface area contributed by atoms with Crippen molar-refractivity contribution in [2.45, 2.75) is 25.8 Å². The summed E-state index contributed by atoms with van der Waals surface area (Å²) in [6.45, 7) is 2.96. The lowest BCUT2D eigenvalue weighted by molar-refractivity contribution is 0.0672. The summed E-state index contributed by atoms with van der Waals surface area (Å²) < 4.78 is 6.74. The average molecular weight is 363 g/mol. The van der Waals surface area contributed by atoms with E-state index in [1.807, 2.05) is 4.90 Å². The van der Waals surface area contributed by atoms with E-state index in [1.165, 1.54) is 0 Å². The van der Waals surface area contributed by atoms with Crippen LogP contribution in [0.25, 0.3) is 11.5 Å². The smallest absolute Gasteiger partial charge is 0.253 e. The largest absolute Gasteiger partial charge is 0.339 e. The molecule has 0 aliphatic carbocycles. The average Bonchev–Trinajstić information content (AvgIpc) is 3.37. The van der Waals surface area contributed by atoms with E-state index in [4.69, 9.17) is 9.78 Å². The van der Waals surface area contributed by atoms with Gasteiger partial charge in [0.15, 0.2) is 5.69 Å². The van der Waals surface area contributed by atoms with Crippen LogP contribution in [0.15, 0.2) is 35.0 Å². The van der Waals surface area contributed by atoms with E-state index in [0.29, 0.717) is 41.6 Å². The molecular formula is C18H17N7O2. The Labute approximate surface area is 155 Å². The quantitative estimate of drug-likeness (QED) is 0.699. The van der Waals surface area contributed by atoms with Crippen molar-refractivity contribution in [3.8, 4) is 17.6 Å². The molecule has 1 fully saturated rings. The van der Waals surface area contributed by atoms with Crippen molar-refractivity contribution in [2.24, 2.45) is 0 Å². The van der Waals surface area contributed by atoms with Crippen molar-refractivity contribution >= 4 is 5.91 Å². The minimum absolute atomic E-state index is 0.0373. The second kappa shape index (κ2) is 6.99. The van der Waals surface area contributed by atoms with Crippen LogP contribution in [0.4, 0.5) is 0 Å². The van der Waals surface area contributed by atoms with Gasteiger partial charge in [-0.05, 0) is 37.1 Å². The second-order valence-corrected chi connectivity index (χ2v) is 6.46. The predicted molar refractivity (Wildman–Crippen MR) is 93.4 cm³/mol. The van der Waals surface area contributed by atoms with Crippen LogP contribution in [0.1, 0.15) is 40.7 Å². The molecule has 9 heteroatoms. The third kappa shape index (κ3) is 3.42. The fraction of sp³-hybridized carbons (Fsp3) is 0.333. The number of aromatic nitrogens is 5. The van der Waals surface area contributed by atoms with Gasteiger partial charge in [0.25, 0.3) is 5.91 Å². The van der Waals surface area contributed by atoms with Crippen LogP contribution in [0.2, 0.25) is 0 Å². The SMILES string of the molecule is Cc1nc(-c2cn([C@@H]3CCCN(C(=O)c4ccc(C#N)cc4)C3)nn2)no1. The molecule has 3 aromatic rings. The highest BCUT2D eigenvalue weighted by Gasteiger charge is 2.27. The van der Waals surface area contributed by atoms with Crippen LogP contribution in [-0.2, 0) is 0 Å². The maximum absolute atomic E-state index is 12.8. The zero-order valence-corrected chi connectivity index (χ0v) is 14.7. The number of hydrogen-bond acceptors (Lipinski definition) is 7. The third-order valence-electron chi connectivity index (χ3n) is 4.59. The first-order chi connectivity index (χ1) is 13.1. The maximum Gasteiger partial charge on any atom is 0.253 e. The summed E-state index contributed by atoms with van der Waals surface area (Å²) in [7, 11) is 0. The van der Waals surface area contributed by atoms with Gasteiger partial charge in [-0.25, -0.2) is 4.68 Å². The lowest BCUT2D eigenvalue weighted by Crippen LogP contribution is -2.40. The molecule has 1 aliphatic heterocycles. The molecule has 2 aromatic heterocycles. The van der Waals surface area contributed by atoms with Crippen LogP contribution in [0, 0.1) is 18.3 Å². The Morgan fingerprint density at radius 2 is 2.15 bits per heavy atom. The van der Waals surface area contributed by atoms with Crippen molar-refractivity contribution < 1.29 is 9.32 Å². The van der Waals surface area contributed by atoms with E-state index < -0.39 is 0 Å². The molecule has 136 valence electrons.